The Morgan fingerprint density at radius 3 is 2.53 bits per heavy atom. The fourth-order valence-electron chi connectivity index (χ4n) is 1.52. The minimum Gasteiger partial charge on any atom is -0.382 e. The Hall–Kier alpha value is -1.13. The molecule has 1 rings (SSSR count). The molecule has 0 amide bonds. The van der Waals surface area contributed by atoms with Gasteiger partial charge in [-0.05, 0) is 20.3 Å². The van der Waals surface area contributed by atoms with Crippen molar-refractivity contribution in [3.8, 4) is 0 Å². The largest absolute Gasteiger partial charge is 0.382 e. The van der Waals surface area contributed by atoms with Crippen LogP contribution in [0.1, 0.15) is 38.4 Å². The summed E-state index contributed by atoms with van der Waals surface area (Å²) in [5.41, 5.74) is 5.59. The van der Waals surface area contributed by atoms with Gasteiger partial charge in [0.1, 0.15) is 5.82 Å². The Kier molecular flexibility index (Phi) is 3.31. The van der Waals surface area contributed by atoms with Gasteiger partial charge in [0.25, 0.3) is 0 Å². The summed E-state index contributed by atoms with van der Waals surface area (Å²) < 4.78 is 25.7. The van der Waals surface area contributed by atoms with Crippen LogP contribution in [0.15, 0.2) is 0 Å². The number of nitrogens with two attached hydrogens (primary N) is 1. The van der Waals surface area contributed by atoms with Crippen molar-refractivity contribution in [3.05, 3.63) is 11.3 Å². The van der Waals surface area contributed by atoms with E-state index in [0.717, 1.165) is 12.0 Å². The van der Waals surface area contributed by atoms with Gasteiger partial charge in [-0.2, -0.15) is 5.10 Å². The number of H-pyrrole nitrogens is 1. The quantitative estimate of drug-likeness (QED) is 0.814. The molecule has 1 aromatic heterocycles. The predicted octanol–water partition coefficient (Wildman–Crippen LogP) is 2.49. The van der Waals surface area contributed by atoms with Gasteiger partial charge in [0.15, 0.2) is 0 Å². The van der Waals surface area contributed by atoms with Crippen LogP contribution >= 0.6 is 0 Å². The highest BCUT2D eigenvalue weighted by molar-refractivity contribution is 5.45. The van der Waals surface area contributed by atoms with E-state index in [1.807, 2.05) is 6.92 Å². The van der Waals surface area contributed by atoms with E-state index in [0.29, 0.717) is 17.9 Å². The van der Waals surface area contributed by atoms with Gasteiger partial charge in [-0.1, -0.05) is 13.3 Å². The van der Waals surface area contributed by atoms with E-state index < -0.39 is 11.8 Å². The maximum Gasteiger partial charge on any atom is 0.249 e. The number of aromatic amines is 1. The third kappa shape index (κ3) is 2.11. The molecule has 0 bridgehead atoms. The number of rotatable bonds is 4. The number of alkyl halides is 2. The molecule has 0 aliphatic carbocycles. The van der Waals surface area contributed by atoms with Crippen LogP contribution in [0.2, 0.25) is 0 Å². The number of hydrogen-bond acceptors (Lipinski definition) is 2. The van der Waals surface area contributed by atoms with E-state index in [1.165, 1.54) is 13.8 Å². The number of nitrogens with one attached hydrogen (secondary N) is 1. The molecule has 3 nitrogen and oxygen atoms in total. The standard InChI is InChI=1S/C10H17F2N3/c1-4-5-6-7(14-15-8(6)13)10(2,3)9(11)12/h9H,4-5H2,1-3H3,(H3,13,14,15). The number of nitrogen functional groups attached to an aromatic ring is 1. The molecule has 0 radical (unpaired) electrons. The highest BCUT2D eigenvalue weighted by Crippen LogP contribution is 2.33. The maximum absolute atomic E-state index is 12.8. The lowest BCUT2D eigenvalue weighted by Gasteiger charge is -2.23. The molecule has 0 aromatic carbocycles. The molecule has 0 atom stereocenters. The molecule has 0 fully saturated rings. The summed E-state index contributed by atoms with van der Waals surface area (Å²) in [6.45, 7) is 4.96. The lowest BCUT2D eigenvalue weighted by atomic mass is 9.86. The minimum atomic E-state index is -2.44. The molecule has 1 heterocycles. The van der Waals surface area contributed by atoms with Gasteiger partial charge in [0, 0.05) is 5.56 Å². The second-order valence-electron chi connectivity index (χ2n) is 4.23. The number of anilines is 1. The lowest BCUT2D eigenvalue weighted by Crippen LogP contribution is -2.28. The topological polar surface area (TPSA) is 54.7 Å². The smallest absolute Gasteiger partial charge is 0.249 e. The Morgan fingerprint density at radius 2 is 2.07 bits per heavy atom. The van der Waals surface area contributed by atoms with Crippen LogP contribution in [0.3, 0.4) is 0 Å². The van der Waals surface area contributed by atoms with Crippen molar-refractivity contribution in [2.75, 3.05) is 5.73 Å². The van der Waals surface area contributed by atoms with E-state index in [-0.39, 0.29) is 0 Å². The summed E-state index contributed by atoms with van der Waals surface area (Å²) in [4.78, 5) is 0. The van der Waals surface area contributed by atoms with Crippen LogP contribution in [0.5, 0.6) is 0 Å². The first-order chi connectivity index (χ1) is 6.91. The molecule has 0 spiro atoms. The minimum absolute atomic E-state index is 0.334. The van der Waals surface area contributed by atoms with E-state index in [2.05, 4.69) is 10.2 Å². The molecule has 0 aliphatic rings. The van der Waals surface area contributed by atoms with Gasteiger partial charge in [-0.25, -0.2) is 8.78 Å². The summed E-state index contributed by atoms with van der Waals surface area (Å²) in [7, 11) is 0. The van der Waals surface area contributed by atoms with Crippen molar-refractivity contribution in [1.82, 2.24) is 10.2 Å². The molecule has 0 saturated carbocycles. The second-order valence-corrected chi connectivity index (χ2v) is 4.23. The fraction of sp³-hybridized carbons (Fsp3) is 0.700. The van der Waals surface area contributed by atoms with Crippen LogP contribution in [0.25, 0.3) is 0 Å². The normalized spacial score (nSPS) is 12.4. The molecule has 5 heteroatoms. The van der Waals surface area contributed by atoms with Crippen molar-refractivity contribution in [3.63, 3.8) is 0 Å². The second kappa shape index (κ2) is 4.16. The van der Waals surface area contributed by atoms with Crippen LogP contribution < -0.4 is 5.73 Å². The average molecular weight is 217 g/mol. The SMILES string of the molecule is CCCc1c(N)n[nH]c1C(C)(C)C(F)F. The van der Waals surface area contributed by atoms with Crippen molar-refractivity contribution in [1.29, 1.82) is 0 Å². The number of aromatic nitrogens is 2. The summed E-state index contributed by atoms with van der Waals surface area (Å²) in [6, 6.07) is 0. The summed E-state index contributed by atoms with van der Waals surface area (Å²) in [5.74, 6) is 0.334. The van der Waals surface area contributed by atoms with Gasteiger partial charge in [0.2, 0.25) is 6.43 Å². The Bertz CT molecular complexity index is 331. The van der Waals surface area contributed by atoms with Crippen molar-refractivity contribution < 1.29 is 8.78 Å². The van der Waals surface area contributed by atoms with E-state index in [9.17, 15) is 8.78 Å². The third-order valence-electron chi connectivity index (χ3n) is 2.59. The van der Waals surface area contributed by atoms with Crippen molar-refractivity contribution >= 4 is 5.82 Å². The molecule has 0 unspecified atom stereocenters. The molecule has 1 aromatic rings. The van der Waals surface area contributed by atoms with E-state index in [4.69, 9.17) is 5.73 Å². The number of hydrogen-bond donors (Lipinski definition) is 2. The zero-order chi connectivity index (χ0) is 11.6. The highest BCUT2D eigenvalue weighted by atomic mass is 19.3. The van der Waals surface area contributed by atoms with Gasteiger partial charge in [-0.3, -0.25) is 5.10 Å². The van der Waals surface area contributed by atoms with Gasteiger partial charge in [0.05, 0.1) is 11.1 Å². The Morgan fingerprint density at radius 1 is 1.47 bits per heavy atom. The summed E-state index contributed by atoms with van der Waals surface area (Å²) in [5, 5.41) is 6.43. The van der Waals surface area contributed by atoms with Gasteiger partial charge < -0.3 is 5.73 Å². The van der Waals surface area contributed by atoms with Crippen LogP contribution in [0.4, 0.5) is 14.6 Å². The average Bonchev–Trinajstić information content (AvgIpc) is 2.49. The Labute approximate surface area is 88.1 Å². The number of halogens is 2. The first-order valence-electron chi connectivity index (χ1n) is 5.02. The first-order valence-corrected chi connectivity index (χ1v) is 5.02. The molecule has 15 heavy (non-hydrogen) atoms. The molecule has 0 saturated heterocycles. The van der Waals surface area contributed by atoms with Gasteiger partial charge >= 0.3 is 0 Å². The third-order valence-corrected chi connectivity index (χ3v) is 2.59. The van der Waals surface area contributed by atoms with Gasteiger partial charge in [-0.15, -0.1) is 0 Å². The fourth-order valence-corrected chi connectivity index (χ4v) is 1.52. The summed E-state index contributed by atoms with van der Waals surface area (Å²) in [6.07, 6.45) is -0.905. The predicted molar refractivity (Wildman–Crippen MR) is 56.0 cm³/mol. The molecule has 3 N–H and O–H groups in total. The monoisotopic (exact) mass is 217 g/mol. The van der Waals surface area contributed by atoms with Crippen LogP contribution in [-0.4, -0.2) is 16.6 Å². The van der Waals surface area contributed by atoms with Crippen LogP contribution in [0, 0.1) is 0 Å². The van der Waals surface area contributed by atoms with Crippen LogP contribution in [-0.2, 0) is 11.8 Å². The highest BCUT2D eigenvalue weighted by Gasteiger charge is 2.35. The first kappa shape index (κ1) is 11.9. The van der Waals surface area contributed by atoms with E-state index >= 15 is 0 Å². The molecular weight excluding hydrogens is 200 g/mol. The molecular formula is C10H17F2N3. The zero-order valence-electron chi connectivity index (χ0n) is 9.27. The molecule has 0 aliphatic heterocycles. The zero-order valence-corrected chi connectivity index (χ0v) is 9.27. The maximum atomic E-state index is 12.8. The van der Waals surface area contributed by atoms with E-state index in [1.54, 1.807) is 0 Å². The lowest BCUT2D eigenvalue weighted by molar-refractivity contribution is 0.0666. The van der Waals surface area contributed by atoms with Crippen molar-refractivity contribution in [2.24, 2.45) is 0 Å². The summed E-state index contributed by atoms with van der Waals surface area (Å²) >= 11 is 0. The number of nitrogens with zero attached hydrogens (tertiary/aromatic N) is 1. The van der Waals surface area contributed by atoms with Crippen molar-refractivity contribution in [2.45, 2.75) is 45.5 Å². The molecule has 86 valence electrons. The Balaban J connectivity index is 3.13.